The van der Waals surface area contributed by atoms with E-state index in [4.69, 9.17) is 5.73 Å². The highest BCUT2D eigenvalue weighted by Gasteiger charge is 2.28. The maximum Gasteiger partial charge on any atom is 0.155 e. The highest BCUT2D eigenvalue weighted by molar-refractivity contribution is 5.89. The molecule has 0 aliphatic carbocycles. The highest BCUT2D eigenvalue weighted by Crippen LogP contribution is 2.19. The molecular weight excluding hydrogens is 174 g/mol. The monoisotopic (exact) mass is 199 g/mol. The van der Waals surface area contributed by atoms with Crippen LogP contribution in [0.3, 0.4) is 0 Å². The maximum absolute atomic E-state index is 11.9. The predicted octanol–water partition coefficient (Wildman–Crippen LogP) is 2.90. The fraction of sp³-hybridized carbons (Fsp3) is 0.917. The van der Waals surface area contributed by atoms with Gasteiger partial charge in [-0.1, -0.05) is 33.1 Å². The molecule has 0 aromatic heterocycles. The lowest BCUT2D eigenvalue weighted by Crippen LogP contribution is -2.45. The topological polar surface area (TPSA) is 43.1 Å². The quantitative estimate of drug-likeness (QED) is 0.641. The van der Waals surface area contributed by atoms with Crippen LogP contribution in [0.15, 0.2) is 0 Å². The number of unbranched alkanes of at least 4 members (excludes halogenated alkanes) is 2. The summed E-state index contributed by atoms with van der Waals surface area (Å²) in [6.45, 7) is 7.85. The lowest BCUT2D eigenvalue weighted by molar-refractivity contribution is -0.127. The minimum Gasteiger partial charge on any atom is -0.319 e. The molecule has 2 N–H and O–H groups in total. The van der Waals surface area contributed by atoms with Crippen LogP contribution in [0, 0.1) is 5.92 Å². The van der Waals surface area contributed by atoms with Gasteiger partial charge in [-0.15, -0.1) is 0 Å². The van der Waals surface area contributed by atoms with Crippen molar-refractivity contribution >= 4 is 5.78 Å². The number of carbonyl (C=O) groups is 1. The van der Waals surface area contributed by atoms with Crippen LogP contribution in [0.1, 0.15) is 59.8 Å². The van der Waals surface area contributed by atoms with Crippen molar-refractivity contribution in [2.45, 2.75) is 65.3 Å². The summed E-state index contributed by atoms with van der Waals surface area (Å²) in [5.41, 5.74) is 5.15. The molecule has 0 bridgehead atoms. The number of nitrogens with two attached hydrogens (primary N) is 1. The molecular formula is C12H25NO. The Hall–Kier alpha value is -0.370. The SMILES string of the molecule is CCCCCC(CC)C(=O)C(C)(C)N. The minimum atomic E-state index is -0.660. The van der Waals surface area contributed by atoms with Crippen LogP contribution in [0.2, 0.25) is 0 Å². The lowest BCUT2D eigenvalue weighted by atomic mass is 9.85. The Balaban J connectivity index is 4.07. The van der Waals surface area contributed by atoms with Gasteiger partial charge in [0.15, 0.2) is 5.78 Å². The third-order valence-electron chi connectivity index (χ3n) is 2.65. The molecule has 0 amide bonds. The van der Waals surface area contributed by atoms with Crippen LogP contribution in [0.5, 0.6) is 0 Å². The number of hydrogen-bond acceptors (Lipinski definition) is 2. The van der Waals surface area contributed by atoms with E-state index in [1.807, 2.05) is 0 Å². The van der Waals surface area contributed by atoms with Crippen LogP contribution in [0.4, 0.5) is 0 Å². The zero-order valence-corrected chi connectivity index (χ0v) is 10.1. The molecule has 0 saturated heterocycles. The molecule has 0 heterocycles. The molecule has 0 aromatic carbocycles. The standard InChI is InChI=1S/C12H25NO/c1-5-7-8-9-10(6-2)11(14)12(3,4)13/h10H,5-9,13H2,1-4H3. The first-order chi connectivity index (χ1) is 6.43. The second-order valence-corrected chi connectivity index (χ2v) is 4.69. The first-order valence-corrected chi connectivity index (χ1v) is 5.76. The summed E-state index contributed by atoms with van der Waals surface area (Å²) in [4.78, 5) is 11.9. The first kappa shape index (κ1) is 13.6. The van der Waals surface area contributed by atoms with Crippen LogP contribution in [0.25, 0.3) is 0 Å². The van der Waals surface area contributed by atoms with Gasteiger partial charge < -0.3 is 5.73 Å². The third-order valence-corrected chi connectivity index (χ3v) is 2.65. The molecule has 0 saturated carbocycles. The lowest BCUT2D eigenvalue weighted by Gasteiger charge is -2.23. The van der Waals surface area contributed by atoms with Gasteiger partial charge in [-0.3, -0.25) is 4.79 Å². The number of rotatable bonds is 7. The first-order valence-electron chi connectivity index (χ1n) is 5.76. The van der Waals surface area contributed by atoms with Crippen molar-refractivity contribution in [3.8, 4) is 0 Å². The fourth-order valence-electron chi connectivity index (χ4n) is 1.69. The highest BCUT2D eigenvalue weighted by atomic mass is 16.1. The number of ketones is 1. The molecule has 84 valence electrons. The summed E-state index contributed by atoms with van der Waals surface area (Å²) < 4.78 is 0. The zero-order valence-electron chi connectivity index (χ0n) is 10.1. The van der Waals surface area contributed by atoms with E-state index in [9.17, 15) is 4.79 Å². The van der Waals surface area contributed by atoms with E-state index in [0.29, 0.717) is 0 Å². The molecule has 0 radical (unpaired) electrons. The molecule has 2 nitrogen and oxygen atoms in total. The fourth-order valence-corrected chi connectivity index (χ4v) is 1.69. The molecule has 0 aromatic rings. The van der Waals surface area contributed by atoms with E-state index in [1.165, 1.54) is 12.8 Å². The molecule has 14 heavy (non-hydrogen) atoms. The third kappa shape index (κ3) is 4.75. The molecule has 1 unspecified atom stereocenters. The van der Waals surface area contributed by atoms with E-state index < -0.39 is 5.54 Å². The van der Waals surface area contributed by atoms with Gasteiger partial charge in [-0.2, -0.15) is 0 Å². The van der Waals surface area contributed by atoms with Crippen molar-refractivity contribution in [3.63, 3.8) is 0 Å². The Morgan fingerprint density at radius 1 is 1.29 bits per heavy atom. The van der Waals surface area contributed by atoms with Crippen molar-refractivity contribution in [1.29, 1.82) is 0 Å². The smallest absolute Gasteiger partial charge is 0.155 e. The Morgan fingerprint density at radius 2 is 1.86 bits per heavy atom. The van der Waals surface area contributed by atoms with Gasteiger partial charge in [0.25, 0.3) is 0 Å². The van der Waals surface area contributed by atoms with Gasteiger partial charge in [0.05, 0.1) is 5.54 Å². The molecule has 0 aliphatic heterocycles. The van der Waals surface area contributed by atoms with Gasteiger partial charge in [0.2, 0.25) is 0 Å². The van der Waals surface area contributed by atoms with Crippen LogP contribution in [-0.2, 0) is 4.79 Å². The molecule has 2 heteroatoms. The second kappa shape index (κ2) is 6.18. The maximum atomic E-state index is 11.9. The summed E-state index contributed by atoms with van der Waals surface area (Å²) >= 11 is 0. The minimum absolute atomic E-state index is 0.168. The van der Waals surface area contributed by atoms with Gasteiger partial charge in [-0.25, -0.2) is 0 Å². The summed E-state index contributed by atoms with van der Waals surface area (Å²) in [5, 5.41) is 0. The average Bonchev–Trinajstić information content (AvgIpc) is 2.10. The second-order valence-electron chi connectivity index (χ2n) is 4.69. The Kier molecular flexibility index (Phi) is 6.01. The summed E-state index contributed by atoms with van der Waals surface area (Å²) in [7, 11) is 0. The van der Waals surface area contributed by atoms with E-state index >= 15 is 0 Å². The van der Waals surface area contributed by atoms with Crippen LogP contribution in [-0.4, -0.2) is 11.3 Å². The van der Waals surface area contributed by atoms with Crippen molar-refractivity contribution < 1.29 is 4.79 Å². The van der Waals surface area contributed by atoms with Gasteiger partial charge in [0.1, 0.15) is 0 Å². The van der Waals surface area contributed by atoms with Crippen molar-refractivity contribution in [1.82, 2.24) is 0 Å². The van der Waals surface area contributed by atoms with Crippen molar-refractivity contribution in [2.24, 2.45) is 11.7 Å². The van der Waals surface area contributed by atoms with Gasteiger partial charge >= 0.3 is 0 Å². The Labute approximate surface area is 88.3 Å². The van der Waals surface area contributed by atoms with Crippen LogP contribution < -0.4 is 5.73 Å². The molecule has 0 spiro atoms. The van der Waals surface area contributed by atoms with E-state index in [1.54, 1.807) is 13.8 Å². The van der Waals surface area contributed by atoms with Crippen LogP contribution >= 0.6 is 0 Å². The van der Waals surface area contributed by atoms with E-state index in [-0.39, 0.29) is 11.7 Å². The predicted molar refractivity (Wildman–Crippen MR) is 61.2 cm³/mol. The summed E-state index contributed by atoms with van der Waals surface area (Å²) in [5.74, 6) is 0.387. The summed E-state index contributed by atoms with van der Waals surface area (Å²) in [6, 6.07) is 0. The summed E-state index contributed by atoms with van der Waals surface area (Å²) in [6.07, 6.45) is 5.50. The number of carbonyl (C=O) groups excluding carboxylic acids is 1. The Bertz CT molecular complexity index is 170. The Morgan fingerprint density at radius 3 is 2.21 bits per heavy atom. The number of hydrogen-bond donors (Lipinski definition) is 1. The van der Waals surface area contributed by atoms with Gasteiger partial charge in [-0.05, 0) is 26.7 Å². The van der Waals surface area contributed by atoms with Crippen molar-refractivity contribution in [2.75, 3.05) is 0 Å². The van der Waals surface area contributed by atoms with E-state index in [0.717, 1.165) is 19.3 Å². The number of Topliss-reactive ketones (excluding diaryl/α,β-unsaturated/α-hetero) is 1. The zero-order chi connectivity index (χ0) is 11.2. The molecule has 0 rings (SSSR count). The molecule has 0 aliphatic rings. The normalized spacial score (nSPS) is 14.1. The average molecular weight is 199 g/mol. The van der Waals surface area contributed by atoms with E-state index in [2.05, 4.69) is 13.8 Å². The largest absolute Gasteiger partial charge is 0.319 e. The van der Waals surface area contributed by atoms with Gasteiger partial charge in [0, 0.05) is 5.92 Å². The molecule has 0 fully saturated rings. The molecule has 1 atom stereocenters. The van der Waals surface area contributed by atoms with Crippen molar-refractivity contribution in [3.05, 3.63) is 0 Å².